The van der Waals surface area contributed by atoms with Gasteiger partial charge in [0, 0.05) is 42.3 Å². The topological polar surface area (TPSA) is 62.3 Å². The van der Waals surface area contributed by atoms with Crippen LogP contribution in [-0.4, -0.2) is 43.4 Å². The van der Waals surface area contributed by atoms with Crippen LogP contribution in [-0.2, 0) is 10.0 Å². The predicted molar refractivity (Wildman–Crippen MR) is 88.5 cm³/mol. The molecule has 0 radical (unpaired) electrons. The molecule has 1 aromatic carbocycles. The molecule has 1 atom stereocenters. The molecule has 7 heteroatoms. The van der Waals surface area contributed by atoms with Gasteiger partial charge in [0.1, 0.15) is 5.01 Å². The van der Waals surface area contributed by atoms with Crippen molar-refractivity contribution in [3.63, 3.8) is 0 Å². The fourth-order valence-corrected chi connectivity index (χ4v) is 4.91. The van der Waals surface area contributed by atoms with Crippen LogP contribution in [0.15, 0.2) is 34.5 Å². The number of nitrogens with zero attached hydrogens (tertiary/aromatic N) is 2. The fraction of sp³-hybridized carbons (Fsp3) is 0.400. The Balaban J connectivity index is 1.94. The van der Waals surface area contributed by atoms with Gasteiger partial charge in [0.05, 0.1) is 4.90 Å². The predicted octanol–water partition coefficient (Wildman–Crippen LogP) is 2.10. The number of sulfonamides is 1. The van der Waals surface area contributed by atoms with Crippen LogP contribution in [0.5, 0.6) is 0 Å². The van der Waals surface area contributed by atoms with Crippen LogP contribution in [0.1, 0.15) is 12.6 Å². The maximum atomic E-state index is 12.8. The summed E-state index contributed by atoms with van der Waals surface area (Å²) < 4.78 is 27.2. The largest absolute Gasteiger partial charge is 0.312 e. The van der Waals surface area contributed by atoms with Gasteiger partial charge in [0.2, 0.25) is 10.0 Å². The third kappa shape index (κ3) is 3.08. The van der Waals surface area contributed by atoms with Crippen LogP contribution < -0.4 is 5.32 Å². The summed E-state index contributed by atoms with van der Waals surface area (Å²) in [5.41, 5.74) is 1.80. The lowest BCUT2D eigenvalue weighted by atomic mass is 10.2. The van der Waals surface area contributed by atoms with E-state index in [4.69, 9.17) is 0 Å². The first kappa shape index (κ1) is 15.6. The Morgan fingerprint density at radius 2 is 2.23 bits per heavy atom. The second-order valence-electron chi connectivity index (χ2n) is 5.54. The van der Waals surface area contributed by atoms with Gasteiger partial charge in [0.25, 0.3) is 0 Å². The number of thiazole rings is 1. The van der Waals surface area contributed by atoms with Gasteiger partial charge in [-0.05, 0) is 26.0 Å². The zero-order valence-electron chi connectivity index (χ0n) is 12.6. The highest BCUT2D eigenvalue weighted by Crippen LogP contribution is 2.27. The molecule has 2 aromatic rings. The minimum atomic E-state index is -3.45. The number of rotatable bonds is 3. The Morgan fingerprint density at radius 1 is 1.41 bits per heavy atom. The smallest absolute Gasteiger partial charge is 0.243 e. The number of hydrogen-bond acceptors (Lipinski definition) is 5. The van der Waals surface area contributed by atoms with Crippen LogP contribution in [0.3, 0.4) is 0 Å². The molecule has 1 aliphatic heterocycles. The zero-order valence-corrected chi connectivity index (χ0v) is 14.2. The van der Waals surface area contributed by atoms with Crippen molar-refractivity contribution in [2.75, 3.05) is 19.6 Å². The molecule has 1 aromatic heterocycles. The highest BCUT2D eigenvalue weighted by Gasteiger charge is 2.28. The lowest BCUT2D eigenvalue weighted by Gasteiger charge is -2.31. The molecule has 1 N–H and O–H groups in total. The minimum absolute atomic E-state index is 0.174. The normalized spacial score (nSPS) is 20.2. The first-order valence-electron chi connectivity index (χ1n) is 7.23. The van der Waals surface area contributed by atoms with E-state index in [2.05, 4.69) is 10.3 Å². The molecular formula is C15H19N3O2S2. The average molecular weight is 337 g/mol. The highest BCUT2D eigenvalue weighted by molar-refractivity contribution is 7.89. The van der Waals surface area contributed by atoms with Crippen molar-refractivity contribution in [1.82, 2.24) is 14.6 Å². The lowest BCUT2D eigenvalue weighted by Crippen LogP contribution is -2.51. The Kier molecular flexibility index (Phi) is 4.31. The van der Waals surface area contributed by atoms with Crippen molar-refractivity contribution < 1.29 is 8.42 Å². The van der Waals surface area contributed by atoms with E-state index in [9.17, 15) is 8.42 Å². The van der Waals surface area contributed by atoms with E-state index in [-0.39, 0.29) is 6.04 Å². The number of aromatic nitrogens is 1. The van der Waals surface area contributed by atoms with Gasteiger partial charge in [-0.15, -0.1) is 11.3 Å². The summed E-state index contributed by atoms with van der Waals surface area (Å²) in [6.07, 6.45) is 0. The van der Waals surface area contributed by atoms with E-state index >= 15 is 0 Å². The van der Waals surface area contributed by atoms with E-state index in [0.29, 0.717) is 24.5 Å². The second-order valence-corrected chi connectivity index (χ2v) is 8.34. The zero-order chi connectivity index (χ0) is 15.7. The number of hydrogen-bond donors (Lipinski definition) is 1. The van der Waals surface area contributed by atoms with Crippen LogP contribution in [0.4, 0.5) is 0 Å². The maximum Gasteiger partial charge on any atom is 0.243 e. The summed E-state index contributed by atoms with van der Waals surface area (Å²) >= 11 is 1.53. The fourth-order valence-electron chi connectivity index (χ4n) is 2.54. The molecule has 0 amide bonds. The Morgan fingerprint density at radius 3 is 2.91 bits per heavy atom. The van der Waals surface area contributed by atoms with Crippen LogP contribution in [0.25, 0.3) is 10.6 Å². The number of benzene rings is 1. The van der Waals surface area contributed by atoms with E-state index in [0.717, 1.165) is 16.3 Å². The van der Waals surface area contributed by atoms with Crippen molar-refractivity contribution in [2.45, 2.75) is 24.8 Å². The van der Waals surface area contributed by atoms with Crippen molar-refractivity contribution >= 4 is 21.4 Å². The summed E-state index contributed by atoms with van der Waals surface area (Å²) in [6.45, 7) is 5.63. The summed E-state index contributed by atoms with van der Waals surface area (Å²) in [7, 11) is -3.45. The molecule has 3 rings (SSSR count). The molecule has 2 heterocycles. The summed E-state index contributed by atoms with van der Waals surface area (Å²) in [4.78, 5) is 4.77. The molecule has 22 heavy (non-hydrogen) atoms. The SMILES string of the molecule is Cc1csc(-c2cccc(S(=O)(=O)N3CCN[C@H](C)C3)c2)n1. The van der Waals surface area contributed by atoms with E-state index < -0.39 is 10.0 Å². The Bertz CT molecular complexity index is 771. The average Bonchev–Trinajstić information content (AvgIpc) is 2.94. The van der Waals surface area contributed by atoms with Gasteiger partial charge >= 0.3 is 0 Å². The monoisotopic (exact) mass is 337 g/mol. The molecule has 0 unspecified atom stereocenters. The quantitative estimate of drug-likeness (QED) is 0.932. The van der Waals surface area contributed by atoms with Gasteiger partial charge in [-0.3, -0.25) is 0 Å². The molecule has 118 valence electrons. The summed E-state index contributed by atoms with van der Waals surface area (Å²) in [5.74, 6) is 0. The van der Waals surface area contributed by atoms with Crippen LogP contribution in [0.2, 0.25) is 0 Å². The third-order valence-corrected chi connectivity index (χ3v) is 6.54. The van der Waals surface area contributed by atoms with Crippen molar-refractivity contribution in [3.8, 4) is 10.6 Å². The van der Waals surface area contributed by atoms with Crippen LogP contribution in [0, 0.1) is 6.92 Å². The van der Waals surface area contributed by atoms with Crippen LogP contribution >= 0.6 is 11.3 Å². The van der Waals surface area contributed by atoms with E-state index in [1.807, 2.05) is 25.3 Å². The van der Waals surface area contributed by atoms with Gasteiger partial charge in [0.15, 0.2) is 0 Å². The molecule has 5 nitrogen and oxygen atoms in total. The molecular weight excluding hydrogens is 318 g/mol. The molecule has 0 aliphatic carbocycles. The van der Waals surface area contributed by atoms with Gasteiger partial charge in [-0.1, -0.05) is 12.1 Å². The van der Waals surface area contributed by atoms with E-state index in [1.165, 1.54) is 11.3 Å². The Hall–Kier alpha value is -1.28. The molecule has 0 bridgehead atoms. The molecule has 1 aliphatic rings. The van der Waals surface area contributed by atoms with Crippen molar-refractivity contribution in [1.29, 1.82) is 0 Å². The molecule has 0 spiro atoms. The summed E-state index contributed by atoms with van der Waals surface area (Å²) in [6, 6.07) is 7.24. The first-order valence-corrected chi connectivity index (χ1v) is 9.55. The minimum Gasteiger partial charge on any atom is -0.312 e. The standard InChI is InChI=1S/C15H19N3O2S2/c1-11-9-18(7-6-16-11)22(19,20)14-5-3-4-13(8-14)15-17-12(2)10-21-15/h3-5,8,10-11,16H,6-7,9H2,1-2H3/t11-/m1/s1. The molecule has 1 saturated heterocycles. The molecule has 1 fully saturated rings. The Labute approximate surface area is 135 Å². The maximum absolute atomic E-state index is 12.8. The summed E-state index contributed by atoms with van der Waals surface area (Å²) in [5, 5.41) is 6.08. The number of nitrogens with one attached hydrogen (secondary N) is 1. The van der Waals surface area contributed by atoms with E-state index in [1.54, 1.807) is 22.5 Å². The second kappa shape index (κ2) is 6.08. The molecule has 0 saturated carbocycles. The lowest BCUT2D eigenvalue weighted by molar-refractivity contribution is 0.310. The van der Waals surface area contributed by atoms with Gasteiger partial charge in [-0.2, -0.15) is 4.31 Å². The van der Waals surface area contributed by atoms with Gasteiger partial charge in [-0.25, -0.2) is 13.4 Å². The van der Waals surface area contributed by atoms with Crippen molar-refractivity contribution in [3.05, 3.63) is 35.3 Å². The third-order valence-electron chi connectivity index (χ3n) is 3.67. The highest BCUT2D eigenvalue weighted by atomic mass is 32.2. The number of aryl methyl sites for hydroxylation is 1. The van der Waals surface area contributed by atoms with Gasteiger partial charge < -0.3 is 5.32 Å². The first-order chi connectivity index (χ1) is 10.5. The number of piperazine rings is 1. The van der Waals surface area contributed by atoms with Crippen molar-refractivity contribution in [2.24, 2.45) is 0 Å².